The van der Waals surface area contributed by atoms with E-state index in [2.05, 4.69) is 4.90 Å². The number of nitrogens with zero attached hydrogens (tertiary/aromatic N) is 2. The van der Waals surface area contributed by atoms with E-state index < -0.39 is 5.54 Å². The fourth-order valence-corrected chi connectivity index (χ4v) is 2.13. The summed E-state index contributed by atoms with van der Waals surface area (Å²) >= 11 is 0. The summed E-state index contributed by atoms with van der Waals surface area (Å²) in [5.41, 5.74) is 5.31. The number of rotatable bonds is 5. The minimum absolute atomic E-state index is 0.0820. The fourth-order valence-electron chi connectivity index (χ4n) is 2.13. The first kappa shape index (κ1) is 15.4. The van der Waals surface area contributed by atoms with Crippen molar-refractivity contribution in [3.05, 3.63) is 0 Å². The lowest BCUT2D eigenvalue weighted by Crippen LogP contribution is -2.53. The van der Waals surface area contributed by atoms with Crippen LogP contribution in [0.3, 0.4) is 0 Å². The minimum Gasteiger partial charge on any atom is -0.383 e. The highest BCUT2D eigenvalue weighted by Gasteiger charge is 2.31. The van der Waals surface area contributed by atoms with Crippen LogP contribution in [0, 0.1) is 0 Å². The number of hydrogen-bond acceptors (Lipinski definition) is 4. The third-order valence-corrected chi connectivity index (χ3v) is 3.71. The van der Waals surface area contributed by atoms with Crippen molar-refractivity contribution in [2.45, 2.75) is 32.2 Å². The maximum Gasteiger partial charge on any atom is 0.242 e. The first-order valence-electron chi connectivity index (χ1n) is 6.81. The smallest absolute Gasteiger partial charge is 0.242 e. The van der Waals surface area contributed by atoms with Crippen molar-refractivity contribution in [3.8, 4) is 0 Å². The van der Waals surface area contributed by atoms with E-state index in [1.165, 1.54) is 0 Å². The van der Waals surface area contributed by atoms with E-state index in [-0.39, 0.29) is 5.91 Å². The van der Waals surface area contributed by atoms with Crippen molar-refractivity contribution in [1.82, 2.24) is 9.80 Å². The lowest BCUT2D eigenvalue weighted by Gasteiger charge is -2.30. The summed E-state index contributed by atoms with van der Waals surface area (Å²) < 4.78 is 5.09. The molecular weight excluding hydrogens is 230 g/mol. The van der Waals surface area contributed by atoms with E-state index >= 15 is 0 Å². The molecule has 1 amide bonds. The topological polar surface area (TPSA) is 58.8 Å². The van der Waals surface area contributed by atoms with Gasteiger partial charge in [0.2, 0.25) is 5.91 Å². The molecule has 1 saturated heterocycles. The van der Waals surface area contributed by atoms with Crippen molar-refractivity contribution in [2.24, 2.45) is 5.73 Å². The van der Waals surface area contributed by atoms with E-state index in [0.29, 0.717) is 6.42 Å². The fraction of sp³-hybridized carbons (Fsp3) is 0.923. The van der Waals surface area contributed by atoms with Crippen LogP contribution in [-0.2, 0) is 9.53 Å². The van der Waals surface area contributed by atoms with Gasteiger partial charge in [-0.1, -0.05) is 6.92 Å². The van der Waals surface area contributed by atoms with Crippen LogP contribution in [0.25, 0.3) is 0 Å². The van der Waals surface area contributed by atoms with Crippen LogP contribution in [0.4, 0.5) is 0 Å². The van der Waals surface area contributed by atoms with Crippen LogP contribution in [0.15, 0.2) is 0 Å². The molecule has 5 nitrogen and oxygen atoms in total. The van der Waals surface area contributed by atoms with Gasteiger partial charge in [0.25, 0.3) is 0 Å². The quantitative estimate of drug-likeness (QED) is 0.769. The Morgan fingerprint density at radius 1 is 1.33 bits per heavy atom. The second-order valence-corrected chi connectivity index (χ2v) is 5.25. The van der Waals surface area contributed by atoms with Crippen molar-refractivity contribution >= 4 is 5.91 Å². The van der Waals surface area contributed by atoms with Crippen LogP contribution < -0.4 is 5.73 Å². The molecule has 0 aromatic rings. The first-order chi connectivity index (χ1) is 8.51. The third kappa shape index (κ3) is 4.23. The Hall–Kier alpha value is -0.650. The first-order valence-corrected chi connectivity index (χ1v) is 6.81. The average molecular weight is 257 g/mol. The molecule has 0 bridgehead atoms. The van der Waals surface area contributed by atoms with Gasteiger partial charge in [0, 0.05) is 33.3 Å². The zero-order valence-corrected chi connectivity index (χ0v) is 11.9. The molecule has 2 N–H and O–H groups in total. The molecule has 0 saturated carbocycles. The maximum absolute atomic E-state index is 12.3. The largest absolute Gasteiger partial charge is 0.383 e. The standard InChI is InChI=1S/C13H27N3O2/c1-4-13(2,14)12(17)16-7-5-6-15(8-9-16)10-11-18-3/h4-11,14H2,1-3H3. The molecule has 1 aliphatic rings. The number of amides is 1. The molecule has 1 unspecified atom stereocenters. The van der Waals surface area contributed by atoms with Gasteiger partial charge < -0.3 is 15.4 Å². The van der Waals surface area contributed by atoms with Crippen LogP contribution in [0.2, 0.25) is 0 Å². The van der Waals surface area contributed by atoms with Crippen LogP contribution in [0.1, 0.15) is 26.7 Å². The van der Waals surface area contributed by atoms with Crippen molar-refractivity contribution in [2.75, 3.05) is 46.4 Å². The summed E-state index contributed by atoms with van der Waals surface area (Å²) in [6.45, 7) is 8.99. The predicted molar refractivity (Wildman–Crippen MR) is 72.4 cm³/mol. The van der Waals surface area contributed by atoms with E-state index in [0.717, 1.165) is 45.8 Å². The van der Waals surface area contributed by atoms with Gasteiger partial charge in [-0.25, -0.2) is 0 Å². The number of ether oxygens (including phenoxy) is 1. The summed E-state index contributed by atoms with van der Waals surface area (Å²) in [6.07, 6.45) is 1.69. The van der Waals surface area contributed by atoms with E-state index in [1.807, 2.05) is 18.7 Å². The number of carbonyl (C=O) groups is 1. The lowest BCUT2D eigenvalue weighted by molar-refractivity contribution is -0.136. The van der Waals surface area contributed by atoms with Gasteiger partial charge in [0.15, 0.2) is 0 Å². The highest BCUT2D eigenvalue weighted by molar-refractivity contribution is 5.85. The normalized spacial score (nSPS) is 21.4. The molecular formula is C13H27N3O2. The molecule has 0 radical (unpaired) electrons. The minimum atomic E-state index is -0.721. The van der Waals surface area contributed by atoms with Gasteiger partial charge in [-0.05, 0) is 26.3 Å². The van der Waals surface area contributed by atoms with Crippen molar-refractivity contribution < 1.29 is 9.53 Å². The highest BCUT2D eigenvalue weighted by Crippen LogP contribution is 2.12. The second kappa shape index (κ2) is 7.07. The van der Waals surface area contributed by atoms with E-state index in [9.17, 15) is 4.79 Å². The van der Waals surface area contributed by atoms with Crippen LogP contribution in [-0.4, -0.2) is 67.7 Å². The molecule has 0 aromatic carbocycles. The lowest BCUT2D eigenvalue weighted by atomic mass is 9.98. The molecule has 1 heterocycles. The molecule has 1 atom stereocenters. The van der Waals surface area contributed by atoms with Gasteiger partial charge >= 0.3 is 0 Å². The Morgan fingerprint density at radius 3 is 2.67 bits per heavy atom. The van der Waals surface area contributed by atoms with Gasteiger partial charge in [-0.3, -0.25) is 9.69 Å². The Balaban J connectivity index is 2.49. The summed E-state index contributed by atoms with van der Waals surface area (Å²) in [5, 5.41) is 0. The van der Waals surface area contributed by atoms with Gasteiger partial charge in [0.1, 0.15) is 0 Å². The monoisotopic (exact) mass is 257 g/mol. The Morgan fingerprint density at radius 2 is 2.06 bits per heavy atom. The maximum atomic E-state index is 12.3. The molecule has 1 rings (SSSR count). The highest BCUT2D eigenvalue weighted by atomic mass is 16.5. The molecule has 18 heavy (non-hydrogen) atoms. The molecule has 0 aliphatic carbocycles. The molecule has 106 valence electrons. The van der Waals surface area contributed by atoms with E-state index in [4.69, 9.17) is 10.5 Å². The summed E-state index contributed by atoms with van der Waals surface area (Å²) in [5.74, 6) is 0.0820. The Bertz CT molecular complexity index is 269. The van der Waals surface area contributed by atoms with Gasteiger partial charge in [-0.15, -0.1) is 0 Å². The molecule has 0 spiro atoms. The van der Waals surface area contributed by atoms with Gasteiger partial charge in [-0.2, -0.15) is 0 Å². The summed E-state index contributed by atoms with van der Waals surface area (Å²) in [6, 6.07) is 0. The third-order valence-electron chi connectivity index (χ3n) is 3.71. The second-order valence-electron chi connectivity index (χ2n) is 5.25. The number of nitrogens with two attached hydrogens (primary N) is 1. The molecule has 5 heteroatoms. The predicted octanol–water partition coefficient (Wildman–Crippen LogP) is 0.295. The van der Waals surface area contributed by atoms with Crippen molar-refractivity contribution in [1.29, 1.82) is 0 Å². The molecule has 1 aliphatic heterocycles. The van der Waals surface area contributed by atoms with Crippen LogP contribution >= 0.6 is 0 Å². The zero-order chi connectivity index (χ0) is 13.6. The zero-order valence-electron chi connectivity index (χ0n) is 11.9. The average Bonchev–Trinajstić information content (AvgIpc) is 2.60. The Labute approximate surface area is 110 Å². The number of carbonyl (C=O) groups excluding carboxylic acids is 1. The van der Waals surface area contributed by atoms with Gasteiger partial charge in [0.05, 0.1) is 12.1 Å². The summed E-state index contributed by atoms with van der Waals surface area (Å²) in [4.78, 5) is 16.5. The number of methoxy groups -OCH3 is 1. The van der Waals surface area contributed by atoms with E-state index in [1.54, 1.807) is 7.11 Å². The van der Waals surface area contributed by atoms with Crippen LogP contribution in [0.5, 0.6) is 0 Å². The summed E-state index contributed by atoms with van der Waals surface area (Å²) in [7, 11) is 1.72. The number of hydrogen-bond donors (Lipinski definition) is 1. The molecule has 1 fully saturated rings. The van der Waals surface area contributed by atoms with Crippen molar-refractivity contribution in [3.63, 3.8) is 0 Å². The SMILES string of the molecule is CCC(C)(N)C(=O)N1CCCN(CCOC)CC1. The Kier molecular flexibility index (Phi) is 6.05. The molecule has 0 aromatic heterocycles.